The summed E-state index contributed by atoms with van der Waals surface area (Å²) in [6.45, 7) is 5.44. The Morgan fingerprint density at radius 3 is 2.94 bits per heavy atom. The van der Waals surface area contributed by atoms with Crippen molar-refractivity contribution in [2.24, 2.45) is 5.92 Å². The lowest BCUT2D eigenvalue weighted by molar-refractivity contribution is 0.472. The number of anilines is 1. The fraction of sp³-hybridized carbons (Fsp3) is 0.750. The Bertz CT molecular complexity index is 316. The molecular formula is C12H21N3S. The number of hydrogen-bond donors (Lipinski definition) is 1. The van der Waals surface area contributed by atoms with Gasteiger partial charge in [-0.1, -0.05) is 13.8 Å². The highest BCUT2D eigenvalue weighted by atomic mass is 32.2. The molecule has 2 heterocycles. The first kappa shape index (κ1) is 11.8. The molecule has 4 heteroatoms. The van der Waals surface area contributed by atoms with E-state index in [1.54, 1.807) is 0 Å². The van der Waals surface area contributed by atoms with Gasteiger partial charge in [-0.25, -0.2) is 4.98 Å². The zero-order chi connectivity index (χ0) is 11.4. The summed E-state index contributed by atoms with van der Waals surface area (Å²) in [5, 5.41) is 3.44. The predicted molar refractivity (Wildman–Crippen MR) is 71.2 cm³/mol. The molecule has 0 atom stereocenters. The molecule has 2 rings (SSSR count). The van der Waals surface area contributed by atoms with E-state index in [1.165, 1.54) is 24.3 Å². The average molecular weight is 239 g/mol. The molecule has 1 aliphatic heterocycles. The fourth-order valence-electron chi connectivity index (χ4n) is 2.00. The molecule has 1 aliphatic rings. The minimum Gasteiger partial charge on any atom is -0.355 e. The Balaban J connectivity index is 2.00. The van der Waals surface area contributed by atoms with Gasteiger partial charge in [0.1, 0.15) is 0 Å². The predicted octanol–water partition coefficient (Wildman–Crippen LogP) is 3.02. The van der Waals surface area contributed by atoms with E-state index in [-0.39, 0.29) is 0 Å². The number of hydrogen-bond acceptors (Lipinski definition) is 3. The molecule has 0 radical (unpaired) electrons. The summed E-state index contributed by atoms with van der Waals surface area (Å²) >= 11 is 2.07. The van der Waals surface area contributed by atoms with E-state index in [0.717, 1.165) is 12.5 Å². The summed E-state index contributed by atoms with van der Waals surface area (Å²) in [4.78, 5) is 4.41. The summed E-state index contributed by atoms with van der Waals surface area (Å²) in [5.41, 5.74) is 0. The van der Waals surface area contributed by atoms with Crippen molar-refractivity contribution in [1.29, 1.82) is 0 Å². The highest BCUT2D eigenvalue weighted by Crippen LogP contribution is 2.29. The first-order chi connectivity index (χ1) is 7.77. The first-order valence-electron chi connectivity index (χ1n) is 6.12. The Labute approximate surface area is 102 Å². The van der Waals surface area contributed by atoms with Crippen molar-refractivity contribution in [3.63, 3.8) is 0 Å². The molecule has 1 N–H and O–H groups in total. The van der Waals surface area contributed by atoms with Gasteiger partial charge in [-0.3, -0.25) is 0 Å². The molecular weight excluding hydrogens is 218 g/mol. The van der Waals surface area contributed by atoms with Crippen molar-refractivity contribution in [3.05, 3.63) is 12.4 Å². The third-order valence-corrected chi connectivity index (χ3v) is 3.97. The van der Waals surface area contributed by atoms with Crippen molar-refractivity contribution in [2.45, 2.75) is 32.7 Å². The van der Waals surface area contributed by atoms with Crippen LogP contribution in [-0.4, -0.2) is 27.6 Å². The molecule has 0 aromatic carbocycles. The van der Waals surface area contributed by atoms with E-state index in [4.69, 9.17) is 0 Å². The Morgan fingerprint density at radius 1 is 1.50 bits per heavy atom. The number of nitrogens with zero attached hydrogens (tertiary/aromatic N) is 2. The Hall–Kier alpha value is -0.640. The normalized spacial score (nSPS) is 17.9. The van der Waals surface area contributed by atoms with Gasteiger partial charge in [0.2, 0.25) is 5.95 Å². The van der Waals surface area contributed by atoms with Crippen molar-refractivity contribution >= 4 is 17.7 Å². The van der Waals surface area contributed by atoms with Crippen LogP contribution in [-0.2, 0) is 0 Å². The zero-order valence-corrected chi connectivity index (χ0v) is 11.0. The van der Waals surface area contributed by atoms with E-state index < -0.39 is 0 Å². The second-order valence-corrected chi connectivity index (χ2v) is 6.00. The van der Waals surface area contributed by atoms with Gasteiger partial charge in [-0.15, -0.1) is 0 Å². The van der Waals surface area contributed by atoms with E-state index in [2.05, 4.69) is 46.7 Å². The molecule has 1 fully saturated rings. The van der Waals surface area contributed by atoms with E-state index in [0.29, 0.717) is 12.0 Å². The van der Waals surface area contributed by atoms with E-state index in [9.17, 15) is 0 Å². The van der Waals surface area contributed by atoms with Gasteiger partial charge < -0.3 is 9.88 Å². The lowest BCUT2D eigenvalue weighted by Gasteiger charge is -2.24. The molecule has 0 spiro atoms. The minimum atomic E-state index is 0.651. The van der Waals surface area contributed by atoms with Gasteiger partial charge in [-0.05, 0) is 30.3 Å². The quantitative estimate of drug-likeness (QED) is 0.876. The largest absolute Gasteiger partial charge is 0.355 e. The van der Waals surface area contributed by atoms with Crippen LogP contribution >= 0.6 is 11.8 Å². The number of aromatic nitrogens is 2. The molecule has 1 aromatic rings. The van der Waals surface area contributed by atoms with E-state index >= 15 is 0 Å². The second-order valence-electron chi connectivity index (χ2n) is 4.78. The lowest BCUT2D eigenvalue weighted by Crippen LogP contribution is -2.19. The highest BCUT2D eigenvalue weighted by Gasteiger charge is 2.17. The maximum Gasteiger partial charge on any atom is 0.203 e. The minimum absolute atomic E-state index is 0.651. The van der Waals surface area contributed by atoms with Crippen LogP contribution in [0.5, 0.6) is 0 Å². The smallest absolute Gasteiger partial charge is 0.203 e. The third kappa shape index (κ3) is 2.94. The molecule has 0 bridgehead atoms. The van der Waals surface area contributed by atoms with Crippen molar-refractivity contribution in [3.8, 4) is 0 Å². The maximum absolute atomic E-state index is 4.41. The molecule has 1 saturated heterocycles. The first-order valence-corrected chi connectivity index (χ1v) is 7.27. The average Bonchev–Trinajstić information content (AvgIpc) is 2.75. The summed E-state index contributed by atoms with van der Waals surface area (Å²) < 4.78 is 2.32. The second kappa shape index (κ2) is 5.62. The highest BCUT2D eigenvalue weighted by molar-refractivity contribution is 7.99. The third-order valence-electron chi connectivity index (χ3n) is 2.92. The zero-order valence-electron chi connectivity index (χ0n) is 10.1. The van der Waals surface area contributed by atoms with Crippen molar-refractivity contribution in [1.82, 2.24) is 9.55 Å². The number of nitrogens with one attached hydrogen (secondary N) is 1. The molecule has 90 valence electrons. The van der Waals surface area contributed by atoms with Crippen LogP contribution in [0.2, 0.25) is 0 Å². The van der Waals surface area contributed by atoms with Gasteiger partial charge in [-0.2, -0.15) is 11.8 Å². The van der Waals surface area contributed by atoms with Gasteiger partial charge in [0.15, 0.2) is 0 Å². The summed E-state index contributed by atoms with van der Waals surface area (Å²) in [5.74, 6) is 4.27. The van der Waals surface area contributed by atoms with E-state index in [1.807, 2.05) is 6.20 Å². The van der Waals surface area contributed by atoms with Crippen LogP contribution in [0.1, 0.15) is 32.7 Å². The van der Waals surface area contributed by atoms with Gasteiger partial charge in [0.25, 0.3) is 0 Å². The van der Waals surface area contributed by atoms with Crippen LogP contribution in [0.25, 0.3) is 0 Å². The Kier molecular flexibility index (Phi) is 4.16. The van der Waals surface area contributed by atoms with Crippen molar-refractivity contribution < 1.29 is 0 Å². The van der Waals surface area contributed by atoms with Crippen molar-refractivity contribution in [2.75, 3.05) is 23.4 Å². The van der Waals surface area contributed by atoms with Gasteiger partial charge in [0.05, 0.1) is 0 Å². The van der Waals surface area contributed by atoms with Gasteiger partial charge in [0, 0.05) is 25.0 Å². The molecule has 1 aromatic heterocycles. The summed E-state index contributed by atoms with van der Waals surface area (Å²) in [6, 6.07) is 0.651. The summed E-state index contributed by atoms with van der Waals surface area (Å²) in [6.07, 6.45) is 6.57. The lowest BCUT2D eigenvalue weighted by atomic mass is 10.1. The molecule has 0 unspecified atom stereocenters. The number of imidazole rings is 1. The monoisotopic (exact) mass is 239 g/mol. The van der Waals surface area contributed by atoms with Gasteiger partial charge >= 0.3 is 0 Å². The molecule has 16 heavy (non-hydrogen) atoms. The molecule has 3 nitrogen and oxygen atoms in total. The number of thioether (sulfide) groups is 1. The molecule has 0 saturated carbocycles. The standard InChI is InChI=1S/C12H21N3S/c1-10(2)9-14-12-13-5-6-15(12)11-3-7-16-8-4-11/h5-6,10-11H,3-4,7-9H2,1-2H3,(H,13,14). The summed E-state index contributed by atoms with van der Waals surface area (Å²) in [7, 11) is 0. The van der Waals surface area contributed by atoms with Crippen LogP contribution in [0.15, 0.2) is 12.4 Å². The molecule has 0 aliphatic carbocycles. The van der Waals surface area contributed by atoms with Crippen LogP contribution in [0.4, 0.5) is 5.95 Å². The SMILES string of the molecule is CC(C)CNc1nccn1C1CCSCC1. The van der Waals surface area contributed by atoms with Crippen LogP contribution in [0, 0.1) is 5.92 Å². The number of rotatable bonds is 4. The van der Waals surface area contributed by atoms with Crippen LogP contribution in [0.3, 0.4) is 0 Å². The Morgan fingerprint density at radius 2 is 2.25 bits per heavy atom. The molecule has 0 amide bonds. The maximum atomic E-state index is 4.41. The topological polar surface area (TPSA) is 29.9 Å². The van der Waals surface area contributed by atoms with Crippen LogP contribution < -0.4 is 5.32 Å². The fourth-order valence-corrected chi connectivity index (χ4v) is 3.08.